The predicted octanol–water partition coefficient (Wildman–Crippen LogP) is 5.35. The average Bonchev–Trinajstić information content (AvgIpc) is 3.29. The quantitative estimate of drug-likeness (QED) is 0.0723. The maximum absolute atomic E-state index is 14.4. The number of benzene rings is 3. The normalized spacial score (nSPS) is 13.0. The number of hydrogen-bond donors (Lipinski definition) is 0. The number of carbonyl (C=O) groups excluding carboxylic acids is 4. The van der Waals surface area contributed by atoms with Gasteiger partial charge in [0.05, 0.1) is 16.3 Å². The van der Waals surface area contributed by atoms with Gasteiger partial charge in [-0.15, -0.1) is 11.5 Å². The van der Waals surface area contributed by atoms with Gasteiger partial charge < -0.3 is 11.8 Å². The fourth-order valence-corrected chi connectivity index (χ4v) is 5.86. The van der Waals surface area contributed by atoms with Crippen molar-refractivity contribution >= 4 is 57.4 Å². The van der Waals surface area contributed by atoms with E-state index < -0.39 is 17.8 Å². The third-order valence-electron chi connectivity index (χ3n) is 6.93. The number of nitrogens with zero attached hydrogens (tertiary/aromatic N) is 3. The molecule has 2 heterocycles. The van der Waals surface area contributed by atoms with Crippen LogP contribution in [0.4, 0.5) is 0 Å². The molecule has 0 aliphatic carbocycles. The van der Waals surface area contributed by atoms with Gasteiger partial charge in [0.25, 0.3) is 17.7 Å². The van der Waals surface area contributed by atoms with Crippen molar-refractivity contribution in [3.63, 3.8) is 0 Å². The van der Waals surface area contributed by atoms with Crippen molar-refractivity contribution < 1.29 is 69.0 Å². The predicted molar refractivity (Wildman–Crippen MR) is 156 cm³/mol. The SMILES string of the molecule is [CH2-]CC[n+]1c2ccccc2c(C(=O)N(CCCC(=O)ON2C(=O)CCC2=O)Sc2ccc(C)cc2)c2ccccc21.[Sm]. The Labute approximate surface area is 281 Å². The van der Waals surface area contributed by atoms with Crippen LogP contribution in [0.5, 0.6) is 0 Å². The minimum absolute atomic E-state index is 0. The van der Waals surface area contributed by atoms with Crippen LogP contribution in [0.2, 0.25) is 0 Å². The van der Waals surface area contributed by atoms with Gasteiger partial charge in [0.2, 0.25) is 11.0 Å². The Hall–Kier alpha value is -2.90. The topological polar surface area (TPSA) is 87.9 Å². The molecular formula is C32H31N3O5SSm. The van der Waals surface area contributed by atoms with E-state index in [4.69, 9.17) is 4.84 Å². The summed E-state index contributed by atoms with van der Waals surface area (Å²) in [6, 6.07) is 23.6. The molecule has 0 bridgehead atoms. The van der Waals surface area contributed by atoms with Crippen molar-refractivity contribution in [2.24, 2.45) is 0 Å². The molecule has 0 saturated carbocycles. The van der Waals surface area contributed by atoms with Gasteiger partial charge >= 0.3 is 5.97 Å². The molecule has 3 aromatic carbocycles. The molecule has 1 fully saturated rings. The number of pyridine rings is 1. The second kappa shape index (κ2) is 14.5. The Morgan fingerprint density at radius 1 is 0.929 bits per heavy atom. The summed E-state index contributed by atoms with van der Waals surface area (Å²) in [5.41, 5.74) is 3.59. The molecule has 0 N–H and O–H groups in total. The zero-order valence-electron chi connectivity index (χ0n) is 23.3. The fourth-order valence-electron chi connectivity index (χ4n) is 4.96. The molecule has 1 aromatic heterocycles. The van der Waals surface area contributed by atoms with Gasteiger partial charge in [0.15, 0.2) is 0 Å². The van der Waals surface area contributed by atoms with Crippen LogP contribution in [0.3, 0.4) is 0 Å². The van der Waals surface area contributed by atoms with Gasteiger partial charge in [-0.2, -0.15) is 4.57 Å². The van der Waals surface area contributed by atoms with Crippen molar-refractivity contribution in [2.45, 2.75) is 50.5 Å². The summed E-state index contributed by atoms with van der Waals surface area (Å²) in [5, 5.41) is 2.23. The summed E-state index contributed by atoms with van der Waals surface area (Å²) in [6.07, 6.45) is 0.996. The van der Waals surface area contributed by atoms with E-state index in [1.807, 2.05) is 79.7 Å². The van der Waals surface area contributed by atoms with E-state index in [-0.39, 0.29) is 78.5 Å². The van der Waals surface area contributed by atoms with Gasteiger partial charge in [0, 0.05) is 83.2 Å². The largest absolute Gasteiger partial charge is 0.337 e. The number of para-hydroxylation sites is 2. The molecule has 10 heteroatoms. The van der Waals surface area contributed by atoms with Crippen LogP contribution in [0.1, 0.15) is 48.0 Å². The Bertz CT molecular complexity index is 1570. The summed E-state index contributed by atoms with van der Waals surface area (Å²) in [4.78, 5) is 56.4. The summed E-state index contributed by atoms with van der Waals surface area (Å²) in [7, 11) is 0. The molecule has 3 amide bonds. The van der Waals surface area contributed by atoms with E-state index in [1.54, 1.807) is 4.31 Å². The minimum Gasteiger partial charge on any atom is -0.337 e. The number of imide groups is 1. The van der Waals surface area contributed by atoms with E-state index in [0.717, 1.165) is 32.3 Å². The molecular weight excluding hydrogens is 689 g/mol. The van der Waals surface area contributed by atoms with Gasteiger partial charge in [-0.05, 0) is 49.6 Å². The Kier molecular flexibility index (Phi) is 11.1. The standard InChI is InChI=1S/C32H31N3O5S.Sm/c1-3-20-33-26-11-6-4-9-24(26)31(25-10-5-7-12-27(25)33)32(39)34(41-23-16-14-22(2)15-17-23)21-8-13-30(38)40-35-28(36)18-19-29(35)37;/h4-7,9-12,14-17H,1,3,8,13,18-21H2,2H3;. The molecule has 0 atom stereocenters. The van der Waals surface area contributed by atoms with Crippen LogP contribution in [-0.2, 0) is 25.8 Å². The van der Waals surface area contributed by atoms with Crippen molar-refractivity contribution in [1.29, 1.82) is 0 Å². The van der Waals surface area contributed by atoms with Crippen LogP contribution >= 0.6 is 11.9 Å². The number of amides is 3. The van der Waals surface area contributed by atoms with Gasteiger partial charge in [-0.25, -0.2) is 4.79 Å². The zero-order chi connectivity index (χ0) is 28.9. The number of carbonyl (C=O) groups is 4. The van der Waals surface area contributed by atoms with Gasteiger partial charge in [0.1, 0.15) is 6.54 Å². The van der Waals surface area contributed by atoms with Crippen molar-refractivity contribution in [2.75, 3.05) is 6.54 Å². The monoisotopic (exact) mass is 721 g/mol. The smallest absolute Gasteiger partial charge is 0.333 e. The molecule has 42 heavy (non-hydrogen) atoms. The number of hydroxylamine groups is 2. The Morgan fingerprint density at radius 3 is 2.07 bits per heavy atom. The molecule has 4 aromatic rings. The summed E-state index contributed by atoms with van der Waals surface area (Å²) in [5.74, 6) is -1.91. The third-order valence-corrected chi connectivity index (χ3v) is 7.98. The van der Waals surface area contributed by atoms with Crippen LogP contribution < -0.4 is 4.57 Å². The number of rotatable bonds is 10. The minimum atomic E-state index is -0.689. The first-order valence-electron chi connectivity index (χ1n) is 13.6. The van der Waals surface area contributed by atoms with E-state index in [2.05, 4.69) is 11.5 Å². The molecule has 1 aliphatic heterocycles. The Morgan fingerprint density at radius 2 is 1.50 bits per heavy atom. The van der Waals surface area contributed by atoms with Crippen molar-refractivity contribution in [1.82, 2.24) is 9.37 Å². The first-order chi connectivity index (χ1) is 19.9. The van der Waals surface area contributed by atoms with E-state index >= 15 is 0 Å². The summed E-state index contributed by atoms with van der Waals surface area (Å²) >= 11 is 1.31. The molecule has 0 unspecified atom stereocenters. The first-order valence-corrected chi connectivity index (χ1v) is 14.4. The Balaban J connectivity index is 0.00000405. The van der Waals surface area contributed by atoms with Crippen LogP contribution in [0.25, 0.3) is 21.8 Å². The fraction of sp³-hybridized carbons (Fsp3) is 0.250. The second-order valence-corrected chi connectivity index (χ2v) is 11.0. The van der Waals surface area contributed by atoms with Crippen molar-refractivity contribution in [3.8, 4) is 0 Å². The van der Waals surface area contributed by atoms with Crippen LogP contribution in [0, 0.1) is 54.2 Å². The maximum atomic E-state index is 14.4. The number of aromatic nitrogens is 1. The molecule has 0 radical (unpaired) electrons. The number of fused-ring (bicyclic) bond motifs is 2. The van der Waals surface area contributed by atoms with E-state index in [1.165, 1.54) is 11.9 Å². The van der Waals surface area contributed by atoms with E-state index in [0.29, 0.717) is 23.6 Å². The van der Waals surface area contributed by atoms with Gasteiger partial charge in [-0.3, -0.25) is 18.7 Å². The number of aryl methyl sites for hydroxylation is 2. The molecule has 1 saturated heterocycles. The average molecular weight is 720 g/mol. The molecule has 0 spiro atoms. The van der Waals surface area contributed by atoms with Gasteiger partial charge in [-0.1, -0.05) is 42.0 Å². The summed E-state index contributed by atoms with van der Waals surface area (Å²) in [6.45, 7) is 7.00. The molecule has 216 valence electrons. The van der Waals surface area contributed by atoms with E-state index in [9.17, 15) is 19.2 Å². The van der Waals surface area contributed by atoms with Crippen LogP contribution in [-0.4, -0.2) is 39.6 Å². The summed E-state index contributed by atoms with van der Waals surface area (Å²) < 4.78 is 3.87. The van der Waals surface area contributed by atoms with Crippen LogP contribution in [0.15, 0.2) is 77.7 Å². The molecule has 5 rings (SSSR count). The third kappa shape index (κ3) is 7.00. The molecule has 1 aliphatic rings. The number of hydrogen-bond acceptors (Lipinski definition) is 6. The first kappa shape index (κ1) is 32.0. The molecule has 8 nitrogen and oxygen atoms in total. The second-order valence-electron chi connectivity index (χ2n) is 9.87. The maximum Gasteiger partial charge on any atom is 0.333 e. The van der Waals surface area contributed by atoms with Crippen molar-refractivity contribution in [3.05, 3.63) is 90.8 Å². The zero-order valence-corrected chi connectivity index (χ0v) is 26.7.